The van der Waals surface area contributed by atoms with Gasteiger partial charge in [-0.05, 0) is 28.6 Å². The quantitative estimate of drug-likeness (QED) is 0.735. The Morgan fingerprint density at radius 1 is 1.00 bits per heavy atom. The minimum absolute atomic E-state index is 0.0162. The van der Waals surface area contributed by atoms with Gasteiger partial charge in [-0.1, -0.05) is 41.5 Å². The molecule has 0 saturated heterocycles. The van der Waals surface area contributed by atoms with Crippen molar-refractivity contribution in [1.82, 2.24) is 0 Å². The molecule has 0 heterocycles. The van der Waals surface area contributed by atoms with Gasteiger partial charge in [-0.2, -0.15) is 0 Å². The summed E-state index contributed by atoms with van der Waals surface area (Å²) in [6, 6.07) is 0. The molecule has 1 N–H and O–H groups in total. The third-order valence-electron chi connectivity index (χ3n) is 3.02. The molecule has 0 fully saturated rings. The number of ketones is 1. The van der Waals surface area contributed by atoms with Crippen LogP contribution in [-0.2, 0) is 9.59 Å². The van der Waals surface area contributed by atoms with Crippen LogP contribution in [0.15, 0.2) is 34.9 Å². The molecule has 0 aromatic carbocycles. The molecule has 0 aliphatic heterocycles. The number of carbonyl (C=O) groups excluding carboxylic acids is 1. The van der Waals surface area contributed by atoms with E-state index < -0.39 is 5.97 Å². The van der Waals surface area contributed by atoms with Crippen LogP contribution in [0.4, 0.5) is 0 Å². The molecule has 3 heteroatoms. The second-order valence-corrected chi connectivity index (χ2v) is 6.93. The van der Waals surface area contributed by atoms with Crippen LogP contribution in [0.3, 0.4) is 0 Å². The van der Waals surface area contributed by atoms with E-state index >= 15 is 0 Å². The number of carboxylic acids is 1. The molecule has 1 aliphatic carbocycles. The molecule has 0 atom stereocenters. The first-order valence-corrected chi connectivity index (χ1v) is 6.36. The Balaban J connectivity index is 3.43. The van der Waals surface area contributed by atoms with Crippen molar-refractivity contribution in [1.29, 1.82) is 0 Å². The smallest absolute Gasteiger partial charge is 0.328 e. The molecular formula is C16H22O3. The van der Waals surface area contributed by atoms with Gasteiger partial charge in [-0.3, -0.25) is 4.79 Å². The maximum atomic E-state index is 12.5. The van der Waals surface area contributed by atoms with Gasteiger partial charge in [0.15, 0.2) is 5.78 Å². The van der Waals surface area contributed by atoms with Crippen LogP contribution in [0.25, 0.3) is 0 Å². The maximum Gasteiger partial charge on any atom is 0.328 e. The molecule has 0 amide bonds. The fourth-order valence-electron chi connectivity index (χ4n) is 1.99. The fraction of sp³-hybridized carbons (Fsp3) is 0.500. The molecule has 0 aromatic heterocycles. The summed E-state index contributed by atoms with van der Waals surface area (Å²) in [6.07, 6.45) is 4.52. The van der Waals surface area contributed by atoms with E-state index in [2.05, 4.69) is 0 Å². The van der Waals surface area contributed by atoms with Crippen LogP contribution < -0.4 is 0 Å². The van der Waals surface area contributed by atoms with E-state index in [9.17, 15) is 9.59 Å². The number of carbonyl (C=O) groups is 2. The van der Waals surface area contributed by atoms with E-state index in [-0.39, 0.29) is 16.6 Å². The molecule has 3 nitrogen and oxygen atoms in total. The number of hydrogen-bond acceptors (Lipinski definition) is 2. The standard InChI is InChI=1S/C16H22O3/c1-15(2,3)11-7-10(9-13(17)18)8-12(14(11)19)16(4,5)6/h7-9H,1-6H3,(H,17,18). The van der Waals surface area contributed by atoms with Gasteiger partial charge in [0.05, 0.1) is 0 Å². The lowest BCUT2D eigenvalue weighted by Crippen LogP contribution is -2.28. The van der Waals surface area contributed by atoms with Crippen molar-refractivity contribution in [3.05, 3.63) is 34.9 Å². The summed E-state index contributed by atoms with van der Waals surface area (Å²) >= 11 is 0. The fourth-order valence-corrected chi connectivity index (χ4v) is 1.99. The van der Waals surface area contributed by atoms with Gasteiger partial charge in [-0.15, -0.1) is 0 Å². The Hall–Kier alpha value is -1.64. The van der Waals surface area contributed by atoms with Crippen LogP contribution in [0.1, 0.15) is 41.5 Å². The SMILES string of the molecule is CC(C)(C)C1=CC(=CC(=O)O)C=C(C(C)(C)C)C1=O. The van der Waals surface area contributed by atoms with Crippen molar-refractivity contribution >= 4 is 11.8 Å². The molecular weight excluding hydrogens is 240 g/mol. The normalized spacial score (nSPS) is 16.9. The average molecular weight is 262 g/mol. The Labute approximate surface area is 114 Å². The second kappa shape index (κ2) is 4.80. The van der Waals surface area contributed by atoms with Crippen LogP contribution in [0.2, 0.25) is 0 Å². The zero-order valence-electron chi connectivity index (χ0n) is 12.5. The largest absolute Gasteiger partial charge is 0.478 e. The molecule has 0 radical (unpaired) electrons. The van der Waals surface area contributed by atoms with Crippen LogP contribution in [0, 0.1) is 10.8 Å². The predicted molar refractivity (Wildman–Crippen MR) is 75.8 cm³/mol. The first kappa shape index (κ1) is 15.4. The number of hydrogen-bond donors (Lipinski definition) is 1. The molecule has 1 rings (SSSR count). The monoisotopic (exact) mass is 262 g/mol. The van der Waals surface area contributed by atoms with Crippen molar-refractivity contribution in [2.45, 2.75) is 41.5 Å². The topological polar surface area (TPSA) is 54.4 Å². The Morgan fingerprint density at radius 2 is 1.37 bits per heavy atom. The van der Waals surface area contributed by atoms with Crippen LogP contribution in [0.5, 0.6) is 0 Å². The summed E-state index contributed by atoms with van der Waals surface area (Å²) in [5.74, 6) is -0.985. The van der Waals surface area contributed by atoms with Crippen molar-refractivity contribution in [2.75, 3.05) is 0 Å². The molecule has 104 valence electrons. The molecule has 1 aliphatic rings. The minimum Gasteiger partial charge on any atom is -0.478 e. The highest BCUT2D eigenvalue weighted by atomic mass is 16.4. The number of allylic oxidation sites excluding steroid dienone is 5. The first-order chi connectivity index (χ1) is 8.43. The number of carboxylic acid groups (broad SMARTS) is 1. The summed E-state index contributed by atoms with van der Waals surface area (Å²) < 4.78 is 0. The van der Waals surface area contributed by atoms with E-state index in [1.165, 1.54) is 0 Å². The summed E-state index contributed by atoms with van der Waals surface area (Å²) in [5.41, 5.74) is 1.28. The lowest BCUT2D eigenvalue weighted by atomic mass is 9.72. The molecule has 19 heavy (non-hydrogen) atoms. The zero-order valence-corrected chi connectivity index (χ0v) is 12.5. The predicted octanol–water partition coefficient (Wildman–Crippen LogP) is 3.53. The van der Waals surface area contributed by atoms with Crippen molar-refractivity contribution in [2.24, 2.45) is 10.8 Å². The van der Waals surface area contributed by atoms with E-state index in [1.807, 2.05) is 41.5 Å². The van der Waals surface area contributed by atoms with Crippen LogP contribution >= 0.6 is 0 Å². The summed E-state index contributed by atoms with van der Waals surface area (Å²) in [4.78, 5) is 23.4. The lowest BCUT2D eigenvalue weighted by Gasteiger charge is -2.31. The Morgan fingerprint density at radius 3 is 1.63 bits per heavy atom. The Bertz CT molecular complexity index is 467. The lowest BCUT2D eigenvalue weighted by molar-refractivity contribution is -0.131. The van der Waals surface area contributed by atoms with Gasteiger partial charge in [-0.25, -0.2) is 4.79 Å². The first-order valence-electron chi connectivity index (χ1n) is 6.36. The van der Waals surface area contributed by atoms with Gasteiger partial charge >= 0.3 is 5.97 Å². The summed E-state index contributed by atoms with van der Waals surface area (Å²) in [5, 5.41) is 8.89. The van der Waals surface area contributed by atoms with E-state index in [0.717, 1.165) is 6.08 Å². The maximum absolute atomic E-state index is 12.5. The summed E-state index contributed by atoms with van der Waals surface area (Å²) in [6.45, 7) is 11.8. The average Bonchev–Trinajstić information content (AvgIpc) is 2.16. The third-order valence-corrected chi connectivity index (χ3v) is 3.02. The third kappa shape index (κ3) is 3.66. The van der Waals surface area contributed by atoms with Crippen LogP contribution in [-0.4, -0.2) is 16.9 Å². The molecule has 0 aromatic rings. The van der Waals surface area contributed by atoms with Gasteiger partial charge in [0, 0.05) is 17.2 Å². The van der Waals surface area contributed by atoms with E-state index in [1.54, 1.807) is 12.2 Å². The Kier molecular flexibility index (Phi) is 3.89. The number of aliphatic carboxylic acids is 1. The van der Waals surface area contributed by atoms with Gasteiger partial charge in [0.25, 0.3) is 0 Å². The van der Waals surface area contributed by atoms with E-state index in [0.29, 0.717) is 16.7 Å². The van der Waals surface area contributed by atoms with Crippen molar-refractivity contribution in [3.63, 3.8) is 0 Å². The molecule has 0 spiro atoms. The van der Waals surface area contributed by atoms with Gasteiger partial charge in [0.1, 0.15) is 0 Å². The zero-order chi connectivity index (χ0) is 15.0. The second-order valence-electron chi connectivity index (χ2n) is 6.93. The van der Waals surface area contributed by atoms with Gasteiger partial charge < -0.3 is 5.11 Å². The highest BCUT2D eigenvalue weighted by Crippen LogP contribution is 2.38. The van der Waals surface area contributed by atoms with E-state index in [4.69, 9.17) is 5.11 Å². The highest BCUT2D eigenvalue weighted by Gasteiger charge is 2.33. The summed E-state index contributed by atoms with van der Waals surface area (Å²) in [7, 11) is 0. The molecule has 0 bridgehead atoms. The van der Waals surface area contributed by atoms with Crippen molar-refractivity contribution < 1.29 is 14.7 Å². The number of Topliss-reactive ketones (excluding diaryl/α,β-unsaturated/α-hetero) is 1. The number of rotatable bonds is 1. The minimum atomic E-state index is -1.00. The van der Waals surface area contributed by atoms with Crippen molar-refractivity contribution in [3.8, 4) is 0 Å². The molecule has 0 unspecified atom stereocenters. The molecule has 0 saturated carbocycles. The van der Waals surface area contributed by atoms with Gasteiger partial charge in [0.2, 0.25) is 0 Å². The highest BCUT2D eigenvalue weighted by molar-refractivity contribution is 6.12.